The molecule has 0 aliphatic heterocycles. The number of hydrogen-bond acceptors (Lipinski definition) is 0. The maximum atomic E-state index is 12.4. The Hall–Kier alpha value is 6.20. The maximum Gasteiger partial charge on any atom is 0.239 e. The Morgan fingerprint density at radius 2 is 0.650 bits per heavy atom. The Balaban J connectivity index is 6.08. The Bertz CT molecular complexity index is 324. The van der Waals surface area contributed by atoms with Gasteiger partial charge >= 0.3 is 0 Å². The number of halogens is 13. The van der Waals surface area contributed by atoms with Gasteiger partial charge in [0.2, 0.25) is 3.42 Å². The zero-order chi connectivity index (χ0) is 17.0. The maximum absolute atomic E-state index is 12.4. The van der Waals surface area contributed by atoms with Crippen molar-refractivity contribution < 1.29 is 5.11 Å². The van der Waals surface area contributed by atoms with Gasteiger partial charge in [0.25, 0.3) is 0 Å². The SMILES string of the molecule is [O]C(Br)(Br)C(Br)(Br)C(Br)(Br)C(Br)(Br)C(Br)(Br)C(Br)(Br)Br. The van der Waals surface area contributed by atoms with Crippen molar-refractivity contribution in [2.24, 2.45) is 0 Å². The molecule has 0 bridgehead atoms. The Morgan fingerprint density at radius 3 is 0.850 bits per heavy atom. The van der Waals surface area contributed by atoms with Gasteiger partial charge in [0.05, 0.1) is 0 Å². The van der Waals surface area contributed by atoms with Crippen LogP contribution in [0.3, 0.4) is 0 Å². The highest BCUT2D eigenvalue weighted by Crippen LogP contribution is 2.74. The monoisotopic (exact) mass is 1110 g/mol. The lowest BCUT2D eigenvalue weighted by molar-refractivity contribution is 0.137. The van der Waals surface area contributed by atoms with Gasteiger partial charge in [-0.15, -0.1) is 0 Å². The molecule has 121 valence electrons. The fourth-order valence-electron chi connectivity index (χ4n) is 0.755. The average molecular weight is 1130 g/mol. The standard InChI is InChI=1S/C6Br13O/c7-1(8,3(11,12)5(15,16)17)2(9,10)4(13,14)6(18,19)20. The van der Waals surface area contributed by atoms with Gasteiger partial charge in [-0.25, -0.2) is 5.11 Å². The molecule has 0 heterocycles. The molecule has 1 radical (unpaired) electrons. The van der Waals surface area contributed by atoms with E-state index in [2.05, 4.69) is 207 Å². The summed E-state index contributed by atoms with van der Waals surface area (Å²) in [7, 11) is 0. The van der Waals surface area contributed by atoms with Crippen LogP contribution < -0.4 is 0 Å². The van der Waals surface area contributed by atoms with Gasteiger partial charge in [-0.3, -0.25) is 0 Å². The van der Waals surface area contributed by atoms with Gasteiger partial charge < -0.3 is 0 Å². The smallest absolute Gasteiger partial charge is 0.202 e. The zero-order valence-corrected chi connectivity index (χ0v) is 28.9. The number of hydrogen-bond donors (Lipinski definition) is 0. The van der Waals surface area contributed by atoms with Crippen LogP contribution in [-0.4, -0.2) is 18.5 Å². The van der Waals surface area contributed by atoms with Crippen LogP contribution in [0, 0.1) is 0 Å². The molecule has 0 aromatic rings. The van der Waals surface area contributed by atoms with E-state index in [1.807, 2.05) is 0 Å². The van der Waals surface area contributed by atoms with Crippen molar-refractivity contribution in [3.8, 4) is 0 Å². The molecule has 0 amide bonds. The van der Waals surface area contributed by atoms with Crippen molar-refractivity contribution in [3.05, 3.63) is 0 Å². The third-order valence-corrected chi connectivity index (χ3v) is 26.0. The molecule has 0 aromatic carbocycles. The molecule has 0 N–H and O–H groups in total. The van der Waals surface area contributed by atoms with Gasteiger partial charge in [-0.2, -0.15) is 0 Å². The summed E-state index contributed by atoms with van der Waals surface area (Å²) in [6, 6.07) is 0. The van der Waals surface area contributed by atoms with Crippen LogP contribution in [0.4, 0.5) is 0 Å². The van der Waals surface area contributed by atoms with Gasteiger partial charge in [0, 0.05) is 0 Å². The minimum Gasteiger partial charge on any atom is -0.202 e. The van der Waals surface area contributed by atoms with E-state index >= 15 is 0 Å². The van der Waals surface area contributed by atoms with Crippen LogP contribution in [0.25, 0.3) is 0 Å². The van der Waals surface area contributed by atoms with Gasteiger partial charge in [-0.1, -0.05) is 175 Å². The molecule has 0 spiro atoms. The van der Waals surface area contributed by atoms with E-state index in [9.17, 15) is 5.11 Å². The lowest BCUT2D eigenvalue weighted by Gasteiger charge is -2.52. The third-order valence-electron chi connectivity index (χ3n) is 1.90. The molecule has 0 saturated heterocycles. The zero-order valence-electron chi connectivity index (χ0n) is 8.32. The van der Waals surface area contributed by atoms with Crippen molar-refractivity contribution in [2.75, 3.05) is 0 Å². The van der Waals surface area contributed by atoms with E-state index in [1.54, 1.807) is 0 Å². The van der Waals surface area contributed by atoms with Crippen LogP contribution in [0.2, 0.25) is 0 Å². The molecule has 0 fully saturated rings. The highest BCUT2D eigenvalue weighted by atomic mass is 80.0. The van der Waals surface area contributed by atoms with E-state index in [4.69, 9.17) is 0 Å². The lowest BCUT2D eigenvalue weighted by Crippen LogP contribution is -2.63. The predicted molar refractivity (Wildman–Crippen MR) is 133 cm³/mol. The highest BCUT2D eigenvalue weighted by Gasteiger charge is 2.73. The Labute approximate surface area is 226 Å². The molecule has 1 nitrogen and oxygen atoms in total. The first-order valence-corrected chi connectivity index (χ1v) is 14.2. The molecule has 0 rings (SSSR count). The fraction of sp³-hybridized carbons (Fsp3) is 1.00. The van der Waals surface area contributed by atoms with Crippen LogP contribution in [0.15, 0.2) is 0 Å². The first-order valence-electron chi connectivity index (χ1n) is 3.91. The van der Waals surface area contributed by atoms with Gasteiger partial charge in [0.15, 0.2) is 5.38 Å². The molecule has 14 heteroatoms. The summed E-state index contributed by atoms with van der Waals surface area (Å²) in [6.45, 7) is 0. The van der Waals surface area contributed by atoms with Crippen molar-refractivity contribution in [1.29, 1.82) is 0 Å². The fourth-order valence-corrected chi connectivity index (χ4v) is 10.6. The van der Waals surface area contributed by atoms with Gasteiger partial charge in [-0.05, 0) is 31.9 Å². The average Bonchev–Trinajstić information content (AvgIpc) is 2.12. The molecule has 0 atom stereocenters. The molecule has 0 saturated carbocycles. The summed E-state index contributed by atoms with van der Waals surface area (Å²) in [4.78, 5) is 0. The quantitative estimate of drug-likeness (QED) is 0.250. The molecule has 20 heavy (non-hydrogen) atoms. The normalized spacial score (nSPS) is 16.5. The largest absolute Gasteiger partial charge is 0.239 e. The van der Waals surface area contributed by atoms with Crippen molar-refractivity contribution in [3.63, 3.8) is 0 Å². The van der Waals surface area contributed by atoms with Crippen LogP contribution in [-0.2, 0) is 5.11 Å². The molecule has 0 aliphatic carbocycles. The number of alkyl halides is 13. The molecule has 0 unspecified atom stereocenters. The first-order chi connectivity index (χ1) is 8.25. The van der Waals surface area contributed by atoms with Crippen molar-refractivity contribution in [2.45, 2.75) is 18.5 Å². The minimum atomic E-state index is -1.75. The van der Waals surface area contributed by atoms with E-state index in [-0.39, 0.29) is 0 Å². The van der Waals surface area contributed by atoms with Crippen molar-refractivity contribution in [1.82, 2.24) is 0 Å². The van der Waals surface area contributed by atoms with E-state index in [0.717, 1.165) is 0 Å². The summed E-state index contributed by atoms with van der Waals surface area (Å²) >= 11 is 44.6. The second-order valence-corrected chi connectivity index (χ2v) is 27.1. The summed E-state index contributed by atoms with van der Waals surface area (Å²) in [5, 5.41) is 12.4. The molecule has 0 aromatic heterocycles. The lowest BCUT2D eigenvalue weighted by atomic mass is 10.2. The van der Waals surface area contributed by atoms with Crippen molar-refractivity contribution >= 4 is 207 Å². The Kier molecular flexibility index (Phi) is 10.9. The van der Waals surface area contributed by atoms with Crippen LogP contribution in [0.1, 0.15) is 0 Å². The molecular weight excluding hydrogens is 1130 g/mol. The van der Waals surface area contributed by atoms with Gasteiger partial charge in [0.1, 0.15) is 9.70 Å². The first kappa shape index (κ1) is 26.2. The minimum absolute atomic E-state index is 0.778. The topological polar surface area (TPSA) is 19.9 Å². The second-order valence-electron chi connectivity index (χ2n) is 3.31. The number of rotatable bonds is 4. The summed E-state index contributed by atoms with van der Waals surface area (Å²) in [6.07, 6.45) is 0. The predicted octanol–water partition coefficient (Wildman–Crippen LogP) is 9.64. The van der Waals surface area contributed by atoms with Crippen LogP contribution in [0.5, 0.6) is 0 Å². The van der Waals surface area contributed by atoms with E-state index < -0.39 is 18.5 Å². The molecular formula is C6Br13O. The van der Waals surface area contributed by atoms with Crippen LogP contribution >= 0.6 is 207 Å². The summed E-state index contributed by atoms with van der Waals surface area (Å²) in [5.74, 6) is 0. The Morgan fingerprint density at radius 1 is 0.400 bits per heavy atom. The summed E-state index contributed by atoms with van der Waals surface area (Å²) in [5.41, 5.74) is 0. The third kappa shape index (κ3) is 4.97. The molecule has 0 aliphatic rings. The highest BCUT2D eigenvalue weighted by molar-refractivity contribution is 9.42. The summed E-state index contributed by atoms with van der Waals surface area (Å²) < 4.78 is -6.72. The van der Waals surface area contributed by atoms with E-state index in [1.165, 1.54) is 0 Å². The van der Waals surface area contributed by atoms with E-state index in [0.29, 0.717) is 0 Å². The second kappa shape index (κ2) is 8.29.